The number of halogens is 1. The molecule has 0 unspecified atom stereocenters. The Hall–Kier alpha value is -4.42. The number of anilines is 1. The first-order valence-electron chi connectivity index (χ1n) is 12.4. The first-order chi connectivity index (χ1) is 19.4. The summed E-state index contributed by atoms with van der Waals surface area (Å²) >= 11 is 6.28. The van der Waals surface area contributed by atoms with Crippen molar-refractivity contribution in [2.45, 2.75) is 44.6 Å². The highest BCUT2D eigenvalue weighted by Gasteiger charge is 2.48. The van der Waals surface area contributed by atoms with Crippen molar-refractivity contribution in [3.8, 4) is 5.75 Å². The molecular weight excluding hydrogens is 538 g/mol. The molecule has 14 heteroatoms. The van der Waals surface area contributed by atoms with Crippen LogP contribution in [0.4, 0.5) is 5.82 Å². The Morgan fingerprint density at radius 2 is 2.08 bits per heavy atom. The van der Waals surface area contributed by atoms with Gasteiger partial charge in [-0.05, 0) is 41.8 Å². The summed E-state index contributed by atoms with van der Waals surface area (Å²) in [6.07, 6.45) is -0.799. The van der Waals surface area contributed by atoms with Gasteiger partial charge < -0.3 is 25.2 Å². The van der Waals surface area contributed by atoms with Crippen LogP contribution in [0.25, 0.3) is 21.6 Å². The lowest BCUT2D eigenvalue weighted by molar-refractivity contribution is -0.134. The second kappa shape index (κ2) is 11.8. The molecule has 1 aliphatic heterocycles. The average Bonchev–Trinajstić information content (AvgIpc) is 3.53. The molecule has 3 N–H and O–H groups in total. The quantitative estimate of drug-likeness (QED) is 0.157. The molecule has 2 aromatic carbocycles. The number of aliphatic hydroxyl groups is 1. The maximum Gasteiger partial charge on any atom is 0.249 e. The predicted molar refractivity (Wildman–Crippen MR) is 147 cm³/mol. The Kier molecular flexibility index (Phi) is 7.99. The zero-order chi connectivity index (χ0) is 28.2. The Bertz CT molecular complexity index is 1590. The number of hydrogen-bond acceptors (Lipinski definition) is 9. The highest BCUT2D eigenvalue weighted by molar-refractivity contribution is 6.30. The lowest BCUT2D eigenvalue weighted by Crippen LogP contribution is -2.40. The van der Waals surface area contributed by atoms with Gasteiger partial charge in [0.2, 0.25) is 5.91 Å². The van der Waals surface area contributed by atoms with Crippen LogP contribution in [0.15, 0.2) is 60.2 Å². The number of hydrogen-bond donors (Lipinski definition) is 3. The van der Waals surface area contributed by atoms with E-state index in [4.69, 9.17) is 26.6 Å². The van der Waals surface area contributed by atoms with Crippen LogP contribution in [0.2, 0.25) is 5.02 Å². The van der Waals surface area contributed by atoms with E-state index in [2.05, 4.69) is 35.6 Å². The number of aromatic nitrogens is 4. The maximum atomic E-state index is 12.3. The molecule has 1 saturated heterocycles. The molecule has 4 aromatic rings. The number of carbonyl (C=O) groups is 1. The topological polar surface area (TPSA) is 172 Å². The summed E-state index contributed by atoms with van der Waals surface area (Å²) in [5, 5.41) is 20.7. The average molecular weight is 564 g/mol. The van der Waals surface area contributed by atoms with Crippen molar-refractivity contribution in [1.82, 2.24) is 24.8 Å². The molecule has 0 radical (unpaired) electrons. The first kappa shape index (κ1) is 27.2. The van der Waals surface area contributed by atoms with Crippen LogP contribution in [-0.4, -0.2) is 55.8 Å². The molecule has 13 nitrogen and oxygen atoms in total. The summed E-state index contributed by atoms with van der Waals surface area (Å²) in [4.78, 5) is 28.1. The third-order valence-electron chi connectivity index (χ3n) is 6.67. The summed E-state index contributed by atoms with van der Waals surface area (Å²) in [6, 6.07) is 12.3. The van der Waals surface area contributed by atoms with Crippen LogP contribution in [0.5, 0.6) is 5.75 Å². The lowest BCUT2D eigenvalue weighted by atomic mass is 10.1. The van der Waals surface area contributed by atoms with Gasteiger partial charge in [0.25, 0.3) is 0 Å². The number of azide groups is 1. The molecule has 1 amide bonds. The molecule has 5 rings (SSSR count). The highest BCUT2D eigenvalue weighted by Crippen LogP contribution is 2.34. The van der Waals surface area contributed by atoms with E-state index in [1.54, 1.807) is 6.07 Å². The number of imidazole rings is 1. The second-order valence-electron chi connectivity index (χ2n) is 9.11. The molecule has 0 saturated carbocycles. The third kappa shape index (κ3) is 5.36. The third-order valence-corrected chi connectivity index (χ3v) is 6.91. The van der Waals surface area contributed by atoms with Crippen molar-refractivity contribution in [2.75, 3.05) is 12.4 Å². The summed E-state index contributed by atoms with van der Waals surface area (Å²) in [5.41, 5.74) is 12.7. The van der Waals surface area contributed by atoms with E-state index in [0.717, 1.165) is 16.7 Å². The Morgan fingerprint density at radius 1 is 1.25 bits per heavy atom. The number of benzene rings is 2. The number of aryl methyl sites for hydroxylation is 1. The lowest BCUT2D eigenvalue weighted by Gasteiger charge is -2.17. The first-order valence-corrected chi connectivity index (χ1v) is 12.8. The molecule has 2 aromatic heterocycles. The molecule has 3 heterocycles. The van der Waals surface area contributed by atoms with Crippen LogP contribution in [0.1, 0.15) is 22.9 Å². The monoisotopic (exact) mass is 563 g/mol. The van der Waals surface area contributed by atoms with Crippen LogP contribution in [0, 0.1) is 6.92 Å². The van der Waals surface area contributed by atoms with Crippen LogP contribution < -0.4 is 15.4 Å². The summed E-state index contributed by atoms with van der Waals surface area (Å²) < 4.78 is 13.4. The molecule has 4 atom stereocenters. The van der Waals surface area contributed by atoms with Crippen molar-refractivity contribution in [1.29, 1.82) is 0 Å². The van der Waals surface area contributed by atoms with Crippen molar-refractivity contribution in [3.63, 3.8) is 0 Å². The van der Waals surface area contributed by atoms with Gasteiger partial charge in [0, 0.05) is 29.1 Å². The predicted octanol–water partition coefficient (Wildman–Crippen LogP) is 3.66. The van der Waals surface area contributed by atoms with Gasteiger partial charge in [-0.1, -0.05) is 41.0 Å². The fraction of sp³-hybridized carbons (Fsp3) is 0.308. The van der Waals surface area contributed by atoms with E-state index in [9.17, 15) is 9.90 Å². The molecule has 1 aliphatic rings. The molecule has 0 bridgehead atoms. The fourth-order valence-corrected chi connectivity index (χ4v) is 4.73. The number of aliphatic hydroxyl groups excluding tert-OH is 1. The van der Waals surface area contributed by atoms with Gasteiger partial charge in [0.1, 0.15) is 36.9 Å². The zero-order valence-electron chi connectivity index (χ0n) is 21.6. The number of amides is 1. The smallest absolute Gasteiger partial charge is 0.249 e. The van der Waals surface area contributed by atoms with Crippen LogP contribution >= 0.6 is 11.6 Å². The van der Waals surface area contributed by atoms with Gasteiger partial charge in [-0.2, -0.15) is 0 Å². The van der Waals surface area contributed by atoms with E-state index in [1.165, 1.54) is 24.3 Å². The Balaban J connectivity index is 1.37. The zero-order valence-corrected chi connectivity index (χ0v) is 22.4. The number of nitrogens with zero attached hydrogens (tertiary/aromatic N) is 7. The van der Waals surface area contributed by atoms with E-state index >= 15 is 0 Å². The molecular formula is C26H26ClN9O4. The van der Waals surface area contributed by atoms with E-state index in [0.29, 0.717) is 40.9 Å². The van der Waals surface area contributed by atoms with Crippen molar-refractivity contribution in [3.05, 3.63) is 87.3 Å². The summed E-state index contributed by atoms with van der Waals surface area (Å²) in [6.45, 7) is 2.76. The Labute approximate surface area is 233 Å². The van der Waals surface area contributed by atoms with Gasteiger partial charge >= 0.3 is 0 Å². The van der Waals surface area contributed by atoms with E-state index in [1.807, 2.05) is 43.3 Å². The fourth-order valence-electron chi connectivity index (χ4n) is 4.54. The van der Waals surface area contributed by atoms with Gasteiger partial charge in [-0.25, -0.2) is 15.0 Å². The minimum Gasteiger partial charge on any atom is -0.489 e. The number of carbonyl (C=O) groups excluding carboxylic acids is 1. The number of ether oxygens (including phenoxy) is 2. The van der Waals surface area contributed by atoms with E-state index < -0.39 is 30.4 Å². The van der Waals surface area contributed by atoms with Crippen molar-refractivity contribution < 1.29 is 19.4 Å². The SMILES string of the molecule is CNC(=O)[C@H]1O[C@@H](n2cnc3c(NCc4cc(Cl)ccc4OCc4ccccc4C)ncnc32)[C@H](O)[C@@H]1N=[N+]=[N-]. The Morgan fingerprint density at radius 3 is 2.85 bits per heavy atom. The minimum atomic E-state index is -1.32. The van der Waals surface area contributed by atoms with E-state index in [-0.39, 0.29) is 0 Å². The second-order valence-corrected chi connectivity index (χ2v) is 9.55. The van der Waals surface area contributed by atoms with Crippen molar-refractivity contribution >= 4 is 34.5 Å². The largest absolute Gasteiger partial charge is 0.489 e. The standard InChI is InChI=1S/C26H26ClN9O4/c1-14-5-3-4-6-15(14)11-39-18-8-7-17(27)9-16(18)10-30-23-20-24(32-12-31-23)36(13-33-20)26-21(37)19(34-35-28)22(40-26)25(38)29-2/h3-9,12-13,19,21-22,26,37H,10-11H2,1-2H3,(H,29,38)(H,30,31,32)/t19-,21+,22-,26+/m0/s1. The van der Waals surface area contributed by atoms with Crippen molar-refractivity contribution in [2.24, 2.45) is 5.11 Å². The number of rotatable bonds is 9. The number of likely N-dealkylation sites (N-methyl/N-ethyl adjacent to an activating group) is 1. The molecule has 40 heavy (non-hydrogen) atoms. The normalized spacial score (nSPS) is 20.2. The molecule has 0 spiro atoms. The van der Waals surface area contributed by atoms with Crippen LogP contribution in [0.3, 0.4) is 0 Å². The maximum absolute atomic E-state index is 12.3. The highest BCUT2D eigenvalue weighted by atomic mass is 35.5. The van der Waals surface area contributed by atoms with Gasteiger partial charge in [-0.3, -0.25) is 9.36 Å². The minimum absolute atomic E-state index is 0.322. The number of fused-ring (bicyclic) bond motifs is 1. The van der Waals surface area contributed by atoms with Crippen LogP contribution in [-0.2, 0) is 22.7 Å². The van der Waals surface area contributed by atoms with Gasteiger partial charge in [0.15, 0.2) is 23.2 Å². The van der Waals surface area contributed by atoms with Gasteiger partial charge in [0.05, 0.1) is 6.33 Å². The number of nitrogens with one attached hydrogen (secondary N) is 2. The molecule has 1 fully saturated rings. The van der Waals surface area contributed by atoms with Gasteiger partial charge in [-0.15, -0.1) is 0 Å². The molecule has 0 aliphatic carbocycles. The summed E-state index contributed by atoms with van der Waals surface area (Å²) in [5.74, 6) is 0.570. The summed E-state index contributed by atoms with van der Waals surface area (Å²) in [7, 11) is 1.43. The molecule has 206 valence electrons.